The van der Waals surface area contributed by atoms with Crippen LogP contribution in [-0.4, -0.2) is 51.0 Å². The Balaban J connectivity index is 2.04. The largest absolute Gasteiger partial charge is 0.394 e. The van der Waals surface area contributed by atoms with Gasteiger partial charge in [-0.25, -0.2) is 19.3 Å². The zero-order valence-electron chi connectivity index (χ0n) is 16.9. The molecule has 3 aromatic rings. The normalized spacial score (nSPS) is 12.7. The second-order valence-electron chi connectivity index (χ2n) is 7.14. The van der Waals surface area contributed by atoms with E-state index in [1.807, 2.05) is 31.4 Å². The number of imidazole rings is 1. The lowest BCUT2D eigenvalue weighted by atomic mass is 10.1. The van der Waals surface area contributed by atoms with Gasteiger partial charge >= 0.3 is 0 Å². The highest BCUT2D eigenvalue weighted by atomic mass is 35.5. The van der Waals surface area contributed by atoms with E-state index in [1.54, 1.807) is 7.11 Å². The van der Waals surface area contributed by atoms with E-state index in [0.717, 1.165) is 5.82 Å². The van der Waals surface area contributed by atoms with Crippen molar-refractivity contribution < 1.29 is 14.2 Å². The third-order valence-electron chi connectivity index (χ3n) is 4.68. The number of nitrogens with one attached hydrogen (secondary N) is 1. The molecule has 156 valence electrons. The highest BCUT2D eigenvalue weighted by Crippen LogP contribution is 2.32. The summed E-state index contributed by atoms with van der Waals surface area (Å²) in [7, 11) is 1.60. The molecule has 7 nitrogen and oxygen atoms in total. The van der Waals surface area contributed by atoms with E-state index < -0.39 is 5.82 Å². The van der Waals surface area contributed by atoms with Crippen LogP contribution in [0.4, 0.5) is 10.3 Å². The van der Waals surface area contributed by atoms with Gasteiger partial charge in [0, 0.05) is 25.3 Å². The van der Waals surface area contributed by atoms with E-state index in [9.17, 15) is 9.50 Å². The molecule has 0 radical (unpaired) electrons. The number of aromatic nitrogens is 4. The number of halogens is 2. The number of methoxy groups -OCH3 is 1. The Kier molecular flexibility index (Phi) is 6.66. The molecule has 0 amide bonds. The molecule has 3 rings (SSSR count). The molecule has 0 saturated heterocycles. The van der Waals surface area contributed by atoms with Gasteiger partial charge in [0.1, 0.15) is 11.3 Å². The first-order chi connectivity index (χ1) is 13.8. The maximum Gasteiger partial charge on any atom is 0.223 e. The van der Waals surface area contributed by atoms with Crippen LogP contribution in [0.25, 0.3) is 22.3 Å². The number of anilines is 1. The molecule has 2 heterocycles. The minimum Gasteiger partial charge on any atom is -0.394 e. The smallest absolute Gasteiger partial charge is 0.223 e. The second kappa shape index (κ2) is 9.02. The van der Waals surface area contributed by atoms with Crippen molar-refractivity contribution in [2.45, 2.75) is 39.3 Å². The minimum atomic E-state index is -0.433. The Hall–Kier alpha value is -2.29. The standard InChI is InChI=1S/C20H25ClFN5O2/c1-11(2)27-12(3)24-19-16(22)7-13(8-17(19)27)18-15(21)9-23-20(26-18)25-14(10-28)5-6-29-4/h7-9,11,14,28H,5-6,10H2,1-4H3,(H,23,25,26)/t14-/m1/s1. The van der Waals surface area contributed by atoms with Crippen molar-refractivity contribution in [3.05, 3.63) is 35.0 Å². The lowest BCUT2D eigenvalue weighted by molar-refractivity contribution is 0.174. The van der Waals surface area contributed by atoms with Crippen LogP contribution in [0, 0.1) is 12.7 Å². The maximum absolute atomic E-state index is 14.8. The number of rotatable bonds is 8. The van der Waals surface area contributed by atoms with Crippen LogP contribution in [0.1, 0.15) is 32.1 Å². The summed E-state index contributed by atoms with van der Waals surface area (Å²) in [5, 5.41) is 12.9. The molecule has 29 heavy (non-hydrogen) atoms. The summed E-state index contributed by atoms with van der Waals surface area (Å²) in [6, 6.07) is 3.07. The Morgan fingerprint density at radius 1 is 1.31 bits per heavy atom. The van der Waals surface area contributed by atoms with Crippen LogP contribution in [0.3, 0.4) is 0 Å². The van der Waals surface area contributed by atoms with Crippen molar-refractivity contribution in [3.8, 4) is 11.3 Å². The summed E-state index contributed by atoms with van der Waals surface area (Å²) < 4.78 is 21.8. The van der Waals surface area contributed by atoms with E-state index in [2.05, 4.69) is 20.3 Å². The fourth-order valence-electron chi connectivity index (χ4n) is 3.35. The second-order valence-corrected chi connectivity index (χ2v) is 7.55. The highest BCUT2D eigenvalue weighted by Gasteiger charge is 2.18. The molecule has 0 aliphatic heterocycles. The molecule has 0 saturated carbocycles. The van der Waals surface area contributed by atoms with E-state index >= 15 is 0 Å². The number of hydrogen-bond donors (Lipinski definition) is 2. The van der Waals surface area contributed by atoms with Gasteiger partial charge in [0.25, 0.3) is 0 Å². The number of aliphatic hydroxyl groups is 1. The Labute approximate surface area is 173 Å². The lowest BCUT2D eigenvalue weighted by Gasteiger charge is -2.16. The molecule has 0 spiro atoms. The third-order valence-corrected chi connectivity index (χ3v) is 4.96. The van der Waals surface area contributed by atoms with Gasteiger partial charge in [-0.1, -0.05) is 11.6 Å². The first kappa shape index (κ1) is 21.4. The minimum absolute atomic E-state index is 0.0991. The zero-order chi connectivity index (χ0) is 21.1. The molecule has 9 heteroatoms. The van der Waals surface area contributed by atoms with Crippen LogP contribution in [0.15, 0.2) is 18.3 Å². The number of nitrogens with zero attached hydrogens (tertiary/aromatic N) is 4. The van der Waals surface area contributed by atoms with Gasteiger partial charge in [-0.15, -0.1) is 0 Å². The quantitative estimate of drug-likeness (QED) is 0.572. The van der Waals surface area contributed by atoms with Gasteiger partial charge in [0.05, 0.1) is 35.1 Å². The summed E-state index contributed by atoms with van der Waals surface area (Å²) in [6.07, 6.45) is 2.05. The molecule has 0 fully saturated rings. The summed E-state index contributed by atoms with van der Waals surface area (Å²) in [5.41, 5.74) is 1.95. The van der Waals surface area contributed by atoms with Crippen molar-refractivity contribution in [1.29, 1.82) is 0 Å². The number of ether oxygens (including phenoxy) is 1. The molecular formula is C20H25ClFN5O2. The Morgan fingerprint density at radius 3 is 2.72 bits per heavy atom. The molecule has 2 aromatic heterocycles. The van der Waals surface area contributed by atoms with Crippen LogP contribution >= 0.6 is 11.6 Å². The number of hydrogen-bond acceptors (Lipinski definition) is 6. The van der Waals surface area contributed by atoms with Crippen LogP contribution in [-0.2, 0) is 4.74 Å². The van der Waals surface area contributed by atoms with Crippen molar-refractivity contribution >= 4 is 28.6 Å². The Bertz CT molecular complexity index is 1010. The van der Waals surface area contributed by atoms with Gasteiger partial charge in [-0.2, -0.15) is 0 Å². The Morgan fingerprint density at radius 2 is 2.07 bits per heavy atom. The van der Waals surface area contributed by atoms with Gasteiger partial charge in [0.2, 0.25) is 5.95 Å². The number of fused-ring (bicyclic) bond motifs is 1. The summed E-state index contributed by atoms with van der Waals surface area (Å²) in [6.45, 7) is 6.28. The molecule has 1 atom stereocenters. The van der Waals surface area contributed by atoms with E-state index in [-0.39, 0.29) is 18.7 Å². The molecule has 1 aromatic carbocycles. The fraction of sp³-hybridized carbons (Fsp3) is 0.450. The van der Waals surface area contributed by atoms with Crippen molar-refractivity contribution in [2.24, 2.45) is 0 Å². The van der Waals surface area contributed by atoms with Gasteiger partial charge in [0.15, 0.2) is 5.82 Å². The first-order valence-corrected chi connectivity index (χ1v) is 9.80. The zero-order valence-corrected chi connectivity index (χ0v) is 17.7. The third kappa shape index (κ3) is 4.49. The van der Waals surface area contributed by atoms with Crippen LogP contribution in [0.5, 0.6) is 0 Å². The number of aryl methyl sites for hydroxylation is 1. The average Bonchev–Trinajstić information content (AvgIpc) is 3.03. The average molecular weight is 422 g/mol. The predicted octanol–water partition coefficient (Wildman–Crippen LogP) is 3.98. The molecule has 0 aliphatic rings. The lowest BCUT2D eigenvalue weighted by Crippen LogP contribution is -2.26. The SMILES string of the molecule is COCC[C@H](CO)Nc1ncc(Cl)c(-c2cc(F)c3nc(C)n(C(C)C)c3c2)n1. The summed E-state index contributed by atoms with van der Waals surface area (Å²) in [5.74, 6) is 0.609. The maximum atomic E-state index is 14.8. The topological polar surface area (TPSA) is 85.1 Å². The van der Waals surface area contributed by atoms with Crippen LogP contribution < -0.4 is 5.32 Å². The molecule has 0 bridgehead atoms. The van der Waals surface area contributed by atoms with Crippen molar-refractivity contribution in [3.63, 3.8) is 0 Å². The monoisotopic (exact) mass is 421 g/mol. The van der Waals surface area contributed by atoms with Crippen LogP contribution in [0.2, 0.25) is 5.02 Å². The molecular weight excluding hydrogens is 397 g/mol. The van der Waals surface area contributed by atoms with Crippen molar-refractivity contribution in [1.82, 2.24) is 19.5 Å². The summed E-state index contributed by atoms with van der Waals surface area (Å²) in [4.78, 5) is 13.0. The van der Waals surface area contributed by atoms with Crippen molar-refractivity contribution in [2.75, 3.05) is 25.6 Å². The first-order valence-electron chi connectivity index (χ1n) is 9.43. The van der Waals surface area contributed by atoms with E-state index in [0.29, 0.717) is 46.3 Å². The summed E-state index contributed by atoms with van der Waals surface area (Å²) >= 11 is 6.33. The van der Waals surface area contributed by atoms with E-state index in [4.69, 9.17) is 16.3 Å². The van der Waals surface area contributed by atoms with Gasteiger partial charge < -0.3 is 19.7 Å². The predicted molar refractivity (Wildman–Crippen MR) is 112 cm³/mol. The van der Waals surface area contributed by atoms with Gasteiger partial charge in [-0.05, 0) is 39.3 Å². The van der Waals surface area contributed by atoms with Gasteiger partial charge in [-0.3, -0.25) is 0 Å². The highest BCUT2D eigenvalue weighted by molar-refractivity contribution is 6.33. The van der Waals surface area contributed by atoms with E-state index in [1.165, 1.54) is 12.3 Å². The molecule has 0 unspecified atom stereocenters. The molecule has 2 N–H and O–H groups in total. The fourth-order valence-corrected chi connectivity index (χ4v) is 3.55. The number of aliphatic hydroxyl groups excluding tert-OH is 1. The number of benzene rings is 1. The molecule has 0 aliphatic carbocycles.